The van der Waals surface area contributed by atoms with Crippen LogP contribution in [0.15, 0.2) is 77.4 Å². The first-order valence-corrected chi connectivity index (χ1v) is 8.09. The Morgan fingerprint density at radius 1 is 0.962 bits per heavy atom. The third kappa shape index (κ3) is 3.07. The van der Waals surface area contributed by atoms with Crippen molar-refractivity contribution in [1.82, 2.24) is 0 Å². The summed E-state index contributed by atoms with van der Waals surface area (Å²) >= 11 is 0. The van der Waals surface area contributed by atoms with Crippen molar-refractivity contribution in [2.45, 2.75) is 6.42 Å². The predicted molar refractivity (Wildman–Crippen MR) is 97.5 cm³/mol. The minimum atomic E-state index is -0.412. The molecule has 0 atom stereocenters. The van der Waals surface area contributed by atoms with E-state index in [0.717, 1.165) is 27.6 Å². The first-order chi connectivity index (χ1) is 12.6. The number of benzene rings is 3. The number of halogens is 1. The normalized spacial score (nSPS) is 11.0. The molecule has 26 heavy (non-hydrogen) atoms. The molecule has 0 bridgehead atoms. The van der Waals surface area contributed by atoms with Crippen LogP contribution in [0.4, 0.5) is 10.1 Å². The minimum Gasteiger partial charge on any atom is -0.464 e. The molecule has 4 aromatic rings. The number of hydrogen-bond acceptors (Lipinski definition) is 3. The molecule has 0 spiro atoms. The third-order valence-corrected chi connectivity index (χ3v) is 4.30. The fourth-order valence-electron chi connectivity index (χ4n) is 3.09. The van der Waals surface area contributed by atoms with Gasteiger partial charge in [0.25, 0.3) is 5.69 Å². The SMILES string of the molecule is O=[N+]([O-])c1cccc(-c2cc(Cc3ccc(F)cc3)cc3ccoc23)c1. The standard InChI is InChI=1S/C21H14FNO3/c22-18-6-4-14(5-7-18)10-15-11-17-8-9-26-21(17)20(12-15)16-2-1-3-19(13-16)23(24)25/h1-9,11-13H,10H2. The molecule has 0 unspecified atom stereocenters. The summed E-state index contributed by atoms with van der Waals surface area (Å²) in [6, 6.07) is 18.7. The molecule has 0 aliphatic heterocycles. The van der Waals surface area contributed by atoms with Crippen LogP contribution < -0.4 is 0 Å². The Morgan fingerprint density at radius 3 is 2.54 bits per heavy atom. The van der Waals surface area contributed by atoms with Crippen molar-refractivity contribution >= 4 is 16.7 Å². The van der Waals surface area contributed by atoms with Gasteiger partial charge in [-0.3, -0.25) is 10.1 Å². The molecule has 128 valence electrons. The Balaban J connectivity index is 1.81. The number of hydrogen-bond donors (Lipinski definition) is 0. The van der Waals surface area contributed by atoms with E-state index in [1.807, 2.05) is 24.3 Å². The number of nitrogens with zero attached hydrogens (tertiary/aromatic N) is 1. The van der Waals surface area contributed by atoms with Gasteiger partial charge in [-0.25, -0.2) is 4.39 Å². The summed E-state index contributed by atoms with van der Waals surface area (Å²) in [4.78, 5) is 10.7. The van der Waals surface area contributed by atoms with Crippen molar-refractivity contribution in [3.63, 3.8) is 0 Å². The summed E-state index contributed by atoms with van der Waals surface area (Å²) < 4.78 is 18.7. The average molecular weight is 347 g/mol. The molecule has 0 aliphatic rings. The molecule has 0 radical (unpaired) electrons. The summed E-state index contributed by atoms with van der Waals surface area (Å²) in [5.74, 6) is -0.267. The van der Waals surface area contributed by atoms with Crippen LogP contribution >= 0.6 is 0 Å². The average Bonchev–Trinajstić information content (AvgIpc) is 3.11. The van der Waals surface area contributed by atoms with Crippen molar-refractivity contribution in [3.05, 3.63) is 100 Å². The summed E-state index contributed by atoms with van der Waals surface area (Å²) in [5, 5.41) is 12.0. The molecular weight excluding hydrogens is 333 g/mol. The van der Waals surface area contributed by atoms with E-state index in [1.165, 1.54) is 18.2 Å². The van der Waals surface area contributed by atoms with E-state index >= 15 is 0 Å². The lowest BCUT2D eigenvalue weighted by atomic mass is 9.96. The highest BCUT2D eigenvalue weighted by atomic mass is 19.1. The third-order valence-electron chi connectivity index (χ3n) is 4.30. The lowest BCUT2D eigenvalue weighted by molar-refractivity contribution is -0.384. The maximum atomic E-state index is 13.1. The molecule has 1 heterocycles. The molecular formula is C21H14FNO3. The molecule has 0 N–H and O–H groups in total. The first kappa shape index (κ1) is 16.0. The maximum Gasteiger partial charge on any atom is 0.270 e. The molecule has 3 aromatic carbocycles. The molecule has 4 nitrogen and oxygen atoms in total. The predicted octanol–water partition coefficient (Wildman–Crippen LogP) is 5.74. The summed E-state index contributed by atoms with van der Waals surface area (Å²) in [6.07, 6.45) is 2.23. The second-order valence-corrected chi connectivity index (χ2v) is 6.09. The van der Waals surface area contributed by atoms with Gasteiger partial charge in [0.2, 0.25) is 0 Å². The van der Waals surface area contributed by atoms with Crippen LogP contribution in [0.3, 0.4) is 0 Å². The first-order valence-electron chi connectivity index (χ1n) is 8.09. The van der Waals surface area contributed by atoms with Gasteiger partial charge in [-0.05, 0) is 53.4 Å². The van der Waals surface area contributed by atoms with E-state index in [-0.39, 0.29) is 11.5 Å². The van der Waals surface area contributed by atoms with Crippen molar-refractivity contribution in [2.75, 3.05) is 0 Å². The minimum absolute atomic E-state index is 0.0335. The molecule has 0 saturated carbocycles. The Hall–Kier alpha value is -3.47. The van der Waals surface area contributed by atoms with Gasteiger partial charge in [0.1, 0.15) is 11.4 Å². The number of furan rings is 1. The fraction of sp³-hybridized carbons (Fsp3) is 0.0476. The smallest absolute Gasteiger partial charge is 0.270 e. The quantitative estimate of drug-likeness (QED) is 0.349. The molecule has 5 heteroatoms. The summed E-state index contributed by atoms with van der Waals surface area (Å²) in [6.45, 7) is 0. The molecule has 0 fully saturated rings. The Labute approximate surface area is 148 Å². The molecule has 0 saturated heterocycles. The van der Waals surface area contributed by atoms with Crippen LogP contribution in [0.5, 0.6) is 0 Å². The highest BCUT2D eigenvalue weighted by Gasteiger charge is 2.13. The monoisotopic (exact) mass is 347 g/mol. The van der Waals surface area contributed by atoms with Gasteiger partial charge in [-0.15, -0.1) is 0 Å². The van der Waals surface area contributed by atoms with Gasteiger partial charge in [0.15, 0.2) is 0 Å². The van der Waals surface area contributed by atoms with Crippen molar-refractivity contribution in [3.8, 4) is 11.1 Å². The second kappa shape index (κ2) is 6.44. The molecule has 1 aromatic heterocycles. The van der Waals surface area contributed by atoms with Crippen LogP contribution in [0.25, 0.3) is 22.1 Å². The van der Waals surface area contributed by atoms with Gasteiger partial charge in [-0.1, -0.05) is 24.3 Å². The molecule has 0 amide bonds. The van der Waals surface area contributed by atoms with E-state index in [4.69, 9.17) is 4.42 Å². The van der Waals surface area contributed by atoms with Crippen LogP contribution in [-0.2, 0) is 6.42 Å². The number of fused-ring (bicyclic) bond motifs is 1. The van der Waals surface area contributed by atoms with E-state index in [9.17, 15) is 14.5 Å². The lowest BCUT2D eigenvalue weighted by Gasteiger charge is -2.08. The fourth-order valence-corrected chi connectivity index (χ4v) is 3.09. The summed E-state index contributed by atoms with van der Waals surface area (Å²) in [7, 11) is 0. The van der Waals surface area contributed by atoms with Gasteiger partial charge in [0, 0.05) is 23.1 Å². The molecule has 4 rings (SSSR count). The second-order valence-electron chi connectivity index (χ2n) is 6.09. The van der Waals surface area contributed by atoms with Crippen LogP contribution in [-0.4, -0.2) is 4.92 Å². The van der Waals surface area contributed by atoms with Gasteiger partial charge in [0.05, 0.1) is 11.2 Å². The topological polar surface area (TPSA) is 56.3 Å². The van der Waals surface area contributed by atoms with Crippen molar-refractivity contribution in [2.24, 2.45) is 0 Å². The maximum absolute atomic E-state index is 13.1. The van der Waals surface area contributed by atoms with Crippen LogP contribution in [0, 0.1) is 15.9 Å². The lowest BCUT2D eigenvalue weighted by Crippen LogP contribution is -1.92. The van der Waals surface area contributed by atoms with Gasteiger partial charge < -0.3 is 4.42 Å². The van der Waals surface area contributed by atoms with Crippen molar-refractivity contribution in [1.29, 1.82) is 0 Å². The van der Waals surface area contributed by atoms with Gasteiger partial charge in [-0.2, -0.15) is 0 Å². The zero-order chi connectivity index (χ0) is 18.1. The van der Waals surface area contributed by atoms with E-state index in [1.54, 1.807) is 30.5 Å². The van der Waals surface area contributed by atoms with Crippen LogP contribution in [0.1, 0.15) is 11.1 Å². The van der Waals surface area contributed by atoms with E-state index < -0.39 is 4.92 Å². The highest BCUT2D eigenvalue weighted by molar-refractivity contribution is 5.93. The number of nitro benzene ring substituents is 1. The summed E-state index contributed by atoms with van der Waals surface area (Å²) in [5.41, 5.74) is 4.25. The Morgan fingerprint density at radius 2 is 1.77 bits per heavy atom. The van der Waals surface area contributed by atoms with E-state index in [2.05, 4.69) is 0 Å². The van der Waals surface area contributed by atoms with Gasteiger partial charge >= 0.3 is 0 Å². The Bertz CT molecular complexity index is 1100. The number of nitro groups is 1. The van der Waals surface area contributed by atoms with Crippen molar-refractivity contribution < 1.29 is 13.7 Å². The number of non-ortho nitro benzene ring substituents is 1. The largest absolute Gasteiger partial charge is 0.464 e. The zero-order valence-corrected chi connectivity index (χ0v) is 13.7. The number of rotatable bonds is 4. The molecule has 0 aliphatic carbocycles. The van der Waals surface area contributed by atoms with E-state index in [0.29, 0.717) is 12.0 Å². The zero-order valence-electron chi connectivity index (χ0n) is 13.7. The Kier molecular flexibility index (Phi) is 3.97. The van der Waals surface area contributed by atoms with Crippen LogP contribution in [0.2, 0.25) is 0 Å². The highest BCUT2D eigenvalue weighted by Crippen LogP contribution is 2.33.